The molecule has 0 N–H and O–H groups in total. The van der Waals surface area contributed by atoms with Crippen LogP contribution in [0.3, 0.4) is 0 Å². The molecule has 25 heavy (non-hydrogen) atoms. The fourth-order valence-corrected chi connectivity index (χ4v) is 3.23. The van der Waals surface area contributed by atoms with E-state index in [-0.39, 0.29) is 11.3 Å². The van der Waals surface area contributed by atoms with E-state index in [1.54, 1.807) is 0 Å². The van der Waals surface area contributed by atoms with E-state index in [2.05, 4.69) is 51.1 Å². The molecule has 1 amide bonds. The van der Waals surface area contributed by atoms with Crippen molar-refractivity contribution < 1.29 is 9.53 Å². The van der Waals surface area contributed by atoms with Crippen LogP contribution in [0.5, 0.6) is 5.75 Å². The van der Waals surface area contributed by atoms with Crippen molar-refractivity contribution >= 4 is 5.91 Å². The number of amides is 1. The number of rotatable bonds is 3. The lowest BCUT2D eigenvalue weighted by Crippen LogP contribution is -2.43. The van der Waals surface area contributed by atoms with Crippen molar-refractivity contribution in [3.63, 3.8) is 0 Å². The van der Waals surface area contributed by atoms with Gasteiger partial charge in [-0.05, 0) is 47.6 Å². The third-order valence-electron chi connectivity index (χ3n) is 4.82. The third kappa shape index (κ3) is 4.04. The average molecular weight is 337 g/mol. The van der Waals surface area contributed by atoms with Crippen molar-refractivity contribution in [1.29, 1.82) is 0 Å². The summed E-state index contributed by atoms with van der Waals surface area (Å²) in [7, 11) is 0. The first-order valence-electron chi connectivity index (χ1n) is 8.97. The summed E-state index contributed by atoms with van der Waals surface area (Å²) < 4.78 is 5.89. The van der Waals surface area contributed by atoms with Gasteiger partial charge in [0.05, 0.1) is 0 Å². The molecule has 2 aromatic carbocycles. The zero-order valence-corrected chi connectivity index (χ0v) is 15.6. The second kappa shape index (κ2) is 6.91. The molecule has 3 heteroatoms. The van der Waals surface area contributed by atoms with Gasteiger partial charge in [-0.3, -0.25) is 4.79 Å². The number of ether oxygens (including phenoxy) is 1. The number of carbonyl (C=O) groups excluding carboxylic acids is 1. The summed E-state index contributed by atoms with van der Waals surface area (Å²) in [4.78, 5) is 14.6. The van der Waals surface area contributed by atoms with E-state index in [0.717, 1.165) is 18.7 Å². The van der Waals surface area contributed by atoms with Gasteiger partial charge in [0.1, 0.15) is 5.75 Å². The van der Waals surface area contributed by atoms with Crippen LogP contribution in [0.15, 0.2) is 48.5 Å². The van der Waals surface area contributed by atoms with Crippen LogP contribution in [0.1, 0.15) is 44.4 Å². The highest BCUT2D eigenvalue weighted by Crippen LogP contribution is 2.25. The molecule has 3 rings (SSSR count). The van der Waals surface area contributed by atoms with Crippen molar-refractivity contribution in [2.75, 3.05) is 6.54 Å². The first-order chi connectivity index (χ1) is 11.8. The highest BCUT2D eigenvalue weighted by molar-refractivity contribution is 5.81. The van der Waals surface area contributed by atoms with E-state index < -0.39 is 6.10 Å². The number of hydrogen-bond donors (Lipinski definition) is 0. The van der Waals surface area contributed by atoms with Crippen LogP contribution >= 0.6 is 0 Å². The van der Waals surface area contributed by atoms with Gasteiger partial charge in [-0.15, -0.1) is 0 Å². The smallest absolute Gasteiger partial charge is 0.263 e. The molecule has 2 aromatic rings. The van der Waals surface area contributed by atoms with Gasteiger partial charge in [0, 0.05) is 13.1 Å². The highest BCUT2D eigenvalue weighted by Gasteiger charge is 2.25. The molecule has 0 spiro atoms. The summed E-state index contributed by atoms with van der Waals surface area (Å²) in [5, 5.41) is 0. The van der Waals surface area contributed by atoms with E-state index in [1.807, 2.05) is 30.0 Å². The Morgan fingerprint density at radius 3 is 2.32 bits per heavy atom. The predicted molar refractivity (Wildman–Crippen MR) is 101 cm³/mol. The van der Waals surface area contributed by atoms with Crippen LogP contribution in [0.2, 0.25) is 0 Å². The maximum absolute atomic E-state index is 12.7. The van der Waals surface area contributed by atoms with Crippen molar-refractivity contribution in [3.05, 3.63) is 65.2 Å². The Morgan fingerprint density at radius 1 is 1.04 bits per heavy atom. The Bertz CT molecular complexity index is 743. The molecule has 3 nitrogen and oxygen atoms in total. The van der Waals surface area contributed by atoms with Gasteiger partial charge < -0.3 is 9.64 Å². The molecule has 1 aliphatic rings. The zero-order valence-electron chi connectivity index (χ0n) is 15.6. The second-order valence-corrected chi connectivity index (χ2v) is 7.81. The standard InChI is InChI=1S/C22H27NO2/c1-16(25-20-11-9-19(10-12-20)22(2,3)4)21(24)23-14-13-17-7-5-6-8-18(17)15-23/h5-12,16H,13-15H2,1-4H3/t16-/m0/s1. The Hall–Kier alpha value is -2.29. The van der Waals surface area contributed by atoms with E-state index in [4.69, 9.17) is 4.74 Å². The molecule has 0 unspecified atom stereocenters. The summed E-state index contributed by atoms with van der Waals surface area (Å²) in [5.41, 5.74) is 3.95. The lowest BCUT2D eigenvalue weighted by Gasteiger charge is -2.31. The van der Waals surface area contributed by atoms with Crippen LogP contribution in [0.4, 0.5) is 0 Å². The van der Waals surface area contributed by atoms with E-state index in [0.29, 0.717) is 6.54 Å². The predicted octanol–water partition coefficient (Wildman–Crippen LogP) is 4.34. The monoisotopic (exact) mass is 337 g/mol. The SMILES string of the molecule is C[C@H](Oc1ccc(C(C)(C)C)cc1)C(=O)N1CCc2ccccc2C1. The van der Waals surface area contributed by atoms with Gasteiger partial charge >= 0.3 is 0 Å². The molecule has 0 saturated carbocycles. The fraction of sp³-hybridized carbons (Fsp3) is 0.409. The van der Waals surface area contributed by atoms with Gasteiger partial charge in [0.25, 0.3) is 5.91 Å². The van der Waals surface area contributed by atoms with Crippen molar-refractivity contribution in [2.24, 2.45) is 0 Å². The molecule has 0 bridgehead atoms. The minimum Gasteiger partial charge on any atom is -0.481 e. The van der Waals surface area contributed by atoms with Gasteiger partial charge in [-0.2, -0.15) is 0 Å². The minimum atomic E-state index is -0.481. The Balaban J connectivity index is 1.63. The third-order valence-corrected chi connectivity index (χ3v) is 4.82. The van der Waals surface area contributed by atoms with Gasteiger partial charge in [0.2, 0.25) is 0 Å². The molecule has 0 aliphatic carbocycles. The van der Waals surface area contributed by atoms with Crippen molar-refractivity contribution in [3.8, 4) is 5.75 Å². The summed E-state index contributed by atoms with van der Waals surface area (Å²) in [6.07, 6.45) is 0.431. The number of nitrogens with zero attached hydrogens (tertiary/aromatic N) is 1. The number of benzene rings is 2. The summed E-state index contributed by atoms with van der Waals surface area (Å²) in [5.74, 6) is 0.792. The molecule has 1 atom stereocenters. The normalized spacial score (nSPS) is 15.4. The Morgan fingerprint density at radius 2 is 1.68 bits per heavy atom. The summed E-state index contributed by atoms with van der Waals surface area (Å²) in [6.45, 7) is 9.81. The Labute approximate surface area is 150 Å². The quantitative estimate of drug-likeness (QED) is 0.834. The largest absolute Gasteiger partial charge is 0.481 e. The van der Waals surface area contributed by atoms with Gasteiger partial charge in [-0.1, -0.05) is 57.2 Å². The minimum absolute atomic E-state index is 0.0504. The molecule has 0 saturated heterocycles. The van der Waals surface area contributed by atoms with Crippen molar-refractivity contribution in [2.45, 2.75) is 52.2 Å². The van der Waals surface area contributed by atoms with Crippen LogP contribution in [0.25, 0.3) is 0 Å². The van der Waals surface area contributed by atoms with Crippen molar-refractivity contribution in [1.82, 2.24) is 4.90 Å². The maximum Gasteiger partial charge on any atom is 0.263 e. The maximum atomic E-state index is 12.7. The molecule has 0 aromatic heterocycles. The Kier molecular flexibility index (Phi) is 4.85. The number of fused-ring (bicyclic) bond motifs is 1. The number of hydrogen-bond acceptors (Lipinski definition) is 2. The van der Waals surface area contributed by atoms with E-state index >= 15 is 0 Å². The molecule has 1 aliphatic heterocycles. The summed E-state index contributed by atoms with van der Waals surface area (Å²) >= 11 is 0. The van der Waals surface area contributed by atoms with E-state index in [9.17, 15) is 4.79 Å². The van der Waals surface area contributed by atoms with Gasteiger partial charge in [-0.25, -0.2) is 0 Å². The van der Waals surface area contributed by atoms with E-state index in [1.165, 1.54) is 16.7 Å². The van der Waals surface area contributed by atoms with Crippen LogP contribution < -0.4 is 4.74 Å². The molecule has 0 radical (unpaired) electrons. The summed E-state index contributed by atoms with van der Waals surface area (Å²) in [6, 6.07) is 16.4. The molecule has 1 heterocycles. The lowest BCUT2D eigenvalue weighted by molar-refractivity contribution is -0.138. The lowest BCUT2D eigenvalue weighted by atomic mass is 9.87. The van der Waals surface area contributed by atoms with Crippen LogP contribution in [-0.4, -0.2) is 23.5 Å². The first kappa shape index (κ1) is 17.5. The second-order valence-electron chi connectivity index (χ2n) is 7.81. The van der Waals surface area contributed by atoms with Gasteiger partial charge in [0.15, 0.2) is 6.10 Å². The molecule has 0 fully saturated rings. The average Bonchev–Trinajstić information content (AvgIpc) is 2.60. The fourth-order valence-electron chi connectivity index (χ4n) is 3.23. The van der Waals surface area contributed by atoms with Crippen LogP contribution in [-0.2, 0) is 23.2 Å². The molecular weight excluding hydrogens is 310 g/mol. The highest BCUT2D eigenvalue weighted by atomic mass is 16.5. The first-order valence-corrected chi connectivity index (χ1v) is 8.97. The molecular formula is C22H27NO2. The topological polar surface area (TPSA) is 29.5 Å². The number of carbonyl (C=O) groups is 1. The zero-order chi connectivity index (χ0) is 18.0. The van der Waals surface area contributed by atoms with Crippen LogP contribution in [0, 0.1) is 0 Å². The molecule has 132 valence electrons.